The predicted octanol–water partition coefficient (Wildman–Crippen LogP) is 5.17. The molecule has 3 aromatic rings. The molecule has 3 rings (SSSR count). The van der Waals surface area contributed by atoms with Crippen LogP contribution in [0.15, 0.2) is 54.7 Å². The minimum Gasteiger partial charge on any atom is -0.307 e. The molecule has 1 aromatic heterocycles. The van der Waals surface area contributed by atoms with Gasteiger partial charge in [0.2, 0.25) is 0 Å². The van der Waals surface area contributed by atoms with Gasteiger partial charge in [0.05, 0.1) is 16.3 Å². The molecular weight excluding hydrogens is 393 g/mol. The Bertz CT molecular complexity index is 980. The van der Waals surface area contributed by atoms with Crippen LogP contribution in [0, 0.1) is 12.3 Å². The lowest BCUT2D eigenvalue weighted by Gasteiger charge is -2.13. The van der Waals surface area contributed by atoms with Crippen LogP contribution >= 0.6 is 11.6 Å². The molecule has 142 valence electrons. The van der Waals surface area contributed by atoms with Crippen LogP contribution in [0.3, 0.4) is 0 Å². The maximum atomic E-state index is 12.9. The van der Waals surface area contributed by atoms with Crippen molar-refractivity contribution in [2.24, 2.45) is 0 Å². The summed E-state index contributed by atoms with van der Waals surface area (Å²) in [7, 11) is 0. The molecule has 5 nitrogen and oxygen atoms in total. The number of amides is 2. The number of hydrazine groups is 1. The minimum absolute atomic E-state index is 0.0491. The third-order valence-corrected chi connectivity index (χ3v) is 3.94. The van der Waals surface area contributed by atoms with E-state index in [0.29, 0.717) is 5.69 Å². The summed E-state index contributed by atoms with van der Waals surface area (Å²) in [4.78, 5) is 15.8. The Balaban J connectivity index is 1.64. The van der Waals surface area contributed by atoms with Crippen molar-refractivity contribution >= 4 is 29.0 Å². The van der Waals surface area contributed by atoms with Crippen LogP contribution in [0.4, 0.5) is 29.3 Å². The molecule has 1 heterocycles. The molecule has 0 fully saturated rings. The number of carbonyl (C=O) groups excluding carboxylic acids is 1. The molecule has 0 saturated carbocycles. The minimum atomic E-state index is -4.62. The van der Waals surface area contributed by atoms with Crippen molar-refractivity contribution in [2.75, 3.05) is 10.7 Å². The maximum Gasteiger partial charge on any atom is 0.417 e. The number of aromatic nitrogens is 1. The lowest BCUT2D eigenvalue weighted by Crippen LogP contribution is -2.33. The quantitative estimate of drug-likeness (QED) is 0.525. The highest BCUT2D eigenvalue weighted by molar-refractivity contribution is 6.31. The summed E-state index contributed by atoms with van der Waals surface area (Å²) in [5.41, 5.74) is 6.16. The van der Waals surface area contributed by atoms with E-state index in [1.165, 1.54) is 6.07 Å². The van der Waals surface area contributed by atoms with E-state index in [1.807, 2.05) is 6.07 Å². The second kappa shape index (κ2) is 8.06. The molecule has 0 aliphatic heterocycles. The number of nitrogens with zero attached hydrogens (tertiary/aromatic N) is 1. The second-order valence-corrected chi connectivity index (χ2v) is 6.00. The summed E-state index contributed by atoms with van der Waals surface area (Å²) < 4.78 is 38.6. The zero-order valence-electron chi connectivity index (χ0n) is 14.1. The van der Waals surface area contributed by atoms with Crippen molar-refractivity contribution in [3.63, 3.8) is 0 Å². The third kappa shape index (κ3) is 4.84. The van der Waals surface area contributed by atoms with Gasteiger partial charge in [0.1, 0.15) is 0 Å². The van der Waals surface area contributed by atoms with E-state index < -0.39 is 22.8 Å². The molecule has 0 aliphatic rings. The number of urea groups is 1. The molecule has 0 atom stereocenters. The van der Waals surface area contributed by atoms with Gasteiger partial charge >= 0.3 is 12.2 Å². The van der Waals surface area contributed by atoms with E-state index in [2.05, 4.69) is 33.4 Å². The van der Waals surface area contributed by atoms with Crippen LogP contribution in [0.1, 0.15) is 5.56 Å². The lowest BCUT2D eigenvalue weighted by molar-refractivity contribution is -0.137. The molecule has 0 saturated heterocycles. The first kappa shape index (κ1) is 19.3. The normalized spacial score (nSPS) is 10.7. The van der Waals surface area contributed by atoms with Crippen LogP contribution in [0.2, 0.25) is 5.02 Å². The zero-order valence-corrected chi connectivity index (χ0v) is 14.8. The summed E-state index contributed by atoms with van der Waals surface area (Å²) in [5, 5.41) is 1.86. The van der Waals surface area contributed by atoms with E-state index >= 15 is 0 Å². The number of nitrogens with one attached hydrogen (secondary N) is 3. The SMILES string of the molecule is O=C(NNc1cccc(-c2cc#cnc2)c1)Nc1ccc(Cl)c(C(F)(F)F)c1. The molecule has 0 aliphatic carbocycles. The van der Waals surface area contributed by atoms with Gasteiger partial charge in [0.25, 0.3) is 0 Å². The van der Waals surface area contributed by atoms with Crippen molar-refractivity contribution in [2.45, 2.75) is 6.18 Å². The van der Waals surface area contributed by atoms with Gasteiger partial charge in [0, 0.05) is 23.6 Å². The molecule has 0 spiro atoms. The summed E-state index contributed by atoms with van der Waals surface area (Å²) in [6, 6.07) is 13.9. The number of rotatable bonds is 4. The molecule has 0 radical (unpaired) electrons. The summed E-state index contributed by atoms with van der Waals surface area (Å²) >= 11 is 5.55. The summed E-state index contributed by atoms with van der Waals surface area (Å²) in [5.74, 6) is 0. The van der Waals surface area contributed by atoms with Gasteiger partial charge in [-0.05, 0) is 48.0 Å². The third-order valence-electron chi connectivity index (χ3n) is 3.61. The number of carbonyl (C=O) groups is 1. The fourth-order valence-corrected chi connectivity index (χ4v) is 2.56. The van der Waals surface area contributed by atoms with Crippen LogP contribution < -0.4 is 16.2 Å². The van der Waals surface area contributed by atoms with Gasteiger partial charge in [0.15, 0.2) is 0 Å². The first-order valence-electron chi connectivity index (χ1n) is 7.87. The van der Waals surface area contributed by atoms with Crippen molar-refractivity contribution < 1.29 is 18.0 Å². The predicted molar refractivity (Wildman–Crippen MR) is 99.6 cm³/mol. The van der Waals surface area contributed by atoms with Crippen LogP contribution in [-0.2, 0) is 6.18 Å². The molecule has 9 heteroatoms. The molecule has 0 bridgehead atoms. The largest absolute Gasteiger partial charge is 0.417 e. The van der Waals surface area contributed by atoms with E-state index in [9.17, 15) is 18.0 Å². The van der Waals surface area contributed by atoms with E-state index in [-0.39, 0.29) is 5.69 Å². The lowest BCUT2D eigenvalue weighted by atomic mass is 10.1. The van der Waals surface area contributed by atoms with Gasteiger partial charge in [-0.1, -0.05) is 23.7 Å². The van der Waals surface area contributed by atoms with Gasteiger partial charge in [-0.2, -0.15) is 13.2 Å². The number of hydrogen-bond acceptors (Lipinski definition) is 3. The van der Waals surface area contributed by atoms with Gasteiger partial charge in [-0.3, -0.25) is 10.9 Å². The molecule has 3 N–H and O–H groups in total. The Morgan fingerprint density at radius 2 is 1.89 bits per heavy atom. The topological polar surface area (TPSA) is 66.0 Å². The molecule has 2 aromatic carbocycles. The summed E-state index contributed by atoms with van der Waals surface area (Å²) in [6.07, 6.45) is -0.438. The highest BCUT2D eigenvalue weighted by atomic mass is 35.5. The van der Waals surface area contributed by atoms with Crippen molar-refractivity contribution in [1.29, 1.82) is 0 Å². The Morgan fingerprint density at radius 1 is 1.07 bits per heavy atom. The van der Waals surface area contributed by atoms with Crippen molar-refractivity contribution in [1.82, 2.24) is 10.4 Å². The zero-order chi connectivity index (χ0) is 20.1. The summed E-state index contributed by atoms with van der Waals surface area (Å²) in [6.45, 7) is 0. The Kier molecular flexibility index (Phi) is 5.57. The number of alkyl halides is 3. The number of halogens is 4. The second-order valence-electron chi connectivity index (χ2n) is 5.59. The first-order chi connectivity index (χ1) is 13.3. The van der Waals surface area contributed by atoms with Gasteiger partial charge in [-0.15, -0.1) is 0 Å². The molecular formula is C19H12ClF3N4O. The Hall–Kier alpha value is -3.44. The fourth-order valence-electron chi connectivity index (χ4n) is 2.33. The van der Waals surface area contributed by atoms with Gasteiger partial charge in [-0.25, -0.2) is 9.78 Å². The fraction of sp³-hybridized carbons (Fsp3) is 0.0526. The average Bonchev–Trinajstić information content (AvgIpc) is 2.68. The number of benzene rings is 2. The first-order valence-corrected chi connectivity index (χ1v) is 8.25. The van der Waals surface area contributed by atoms with Crippen LogP contribution in [-0.4, -0.2) is 11.0 Å². The number of anilines is 2. The van der Waals surface area contributed by atoms with E-state index in [1.54, 1.807) is 30.5 Å². The van der Waals surface area contributed by atoms with E-state index in [4.69, 9.17) is 11.6 Å². The smallest absolute Gasteiger partial charge is 0.307 e. The highest BCUT2D eigenvalue weighted by Crippen LogP contribution is 2.36. The monoisotopic (exact) mass is 404 g/mol. The Labute approximate surface area is 163 Å². The maximum absolute atomic E-state index is 12.9. The molecule has 28 heavy (non-hydrogen) atoms. The van der Waals surface area contributed by atoms with Gasteiger partial charge < -0.3 is 5.32 Å². The van der Waals surface area contributed by atoms with Crippen molar-refractivity contribution in [3.05, 3.63) is 77.6 Å². The molecule has 2 amide bonds. The standard InChI is InChI=1S/C19H12ClF3N4O/c20-17-7-6-14(10-16(17)19(21,22)23)25-18(28)27-26-15-5-1-3-12(9-15)13-4-2-8-24-11-13/h1,3-7,9-11,26H,(H2,25,27,28). The van der Waals surface area contributed by atoms with Crippen molar-refractivity contribution in [3.8, 4) is 11.1 Å². The van der Waals surface area contributed by atoms with E-state index in [0.717, 1.165) is 23.3 Å². The Morgan fingerprint density at radius 3 is 2.61 bits per heavy atom. The van der Waals surface area contributed by atoms with Crippen LogP contribution in [0.5, 0.6) is 0 Å². The highest BCUT2D eigenvalue weighted by Gasteiger charge is 2.33. The molecule has 0 unspecified atom stereocenters. The average molecular weight is 405 g/mol. The number of hydrogen-bond donors (Lipinski definition) is 3. The van der Waals surface area contributed by atoms with Crippen LogP contribution in [0.25, 0.3) is 11.1 Å².